The summed E-state index contributed by atoms with van der Waals surface area (Å²) in [4.78, 5) is 54.1. The summed E-state index contributed by atoms with van der Waals surface area (Å²) in [6.07, 6.45) is 12.2. The highest BCUT2D eigenvalue weighted by molar-refractivity contribution is 7.93. The molecule has 0 saturated carbocycles. The smallest absolute Gasteiger partial charge is 0.187 e. The summed E-state index contributed by atoms with van der Waals surface area (Å²) >= 11 is 0. The molecule has 19 rings (SSSR count). The van der Waals surface area contributed by atoms with Crippen LogP contribution in [0.5, 0.6) is 0 Å². The number of nitrogens with two attached hydrogens (primary N) is 1. The average molecular weight is 1920 g/mol. The molecule has 0 atom stereocenters. The van der Waals surface area contributed by atoms with Gasteiger partial charge in [-0.1, -0.05) is 168 Å². The zero-order valence-corrected chi connectivity index (χ0v) is 76.5. The van der Waals surface area contributed by atoms with Gasteiger partial charge in [-0.25, -0.2) is 46.8 Å². The minimum Gasteiger partial charge on any atom is -0.399 e. The number of carbonyl (C=O) groups excluding carboxylic acids is 4. The van der Waals surface area contributed by atoms with Gasteiger partial charge in [0.2, 0.25) is 0 Å². The Bertz CT molecular complexity index is 8150. The molecule has 9 aromatic carbocycles. The van der Waals surface area contributed by atoms with Gasteiger partial charge in [-0.3, -0.25) is 34.4 Å². The second kappa shape index (κ2) is 41.5. The van der Waals surface area contributed by atoms with Crippen molar-refractivity contribution in [1.82, 2.24) is 59.1 Å². The molecule has 137 heavy (non-hydrogen) atoms. The van der Waals surface area contributed by atoms with Crippen molar-refractivity contribution in [3.05, 3.63) is 378 Å². The number of pyridine rings is 1. The van der Waals surface area contributed by atoms with Gasteiger partial charge in [0.15, 0.2) is 62.5 Å². The number of para-hydroxylation sites is 3. The molecule has 28 nitrogen and oxygen atoms in total. The molecule has 0 aliphatic carbocycles. The molecule has 10 aromatic heterocycles. The number of rotatable bonds is 31. The van der Waals surface area contributed by atoms with E-state index >= 15 is 0 Å². The Morgan fingerprint density at radius 2 is 0.781 bits per heavy atom. The Morgan fingerprint density at radius 3 is 1.21 bits per heavy atom. The van der Waals surface area contributed by atoms with Crippen molar-refractivity contribution in [1.29, 1.82) is 0 Å². The van der Waals surface area contributed by atoms with Crippen molar-refractivity contribution in [3.8, 4) is 33.5 Å². The predicted octanol–water partition coefficient (Wildman–Crippen LogP) is 17.5. The van der Waals surface area contributed by atoms with Crippen LogP contribution in [0, 0.1) is 38.2 Å². The standard InChI is InChI=1S/C28H24N2O4S.C25H21FN4O4S.C25H22N4O4S.C23H19F2N3O3S.CH4/c1-20-14-24(29-34-20)16-25(31)19-35(32,33)28-18-30(27-13-6-5-12-26(27)28)17-21-8-7-11-23(15-21)22-9-3-2-4-10-22;1-16-10-18(29-34-16)12-19(31)15-35(32,33)25-14-30(24-5-3-2-4-20(24)25)13-17-6-7-22(26)21(11-17)23-8-9-27-28-23;1-17-9-21(28-33-17)11-22(30)16-34(31,32)25-15-29(24-8-3-2-7-23(24)25)14-18-5-4-6-19(10-18)20-12-26-27-13-20;24-16-9-20(25)23-21(10-16)28(12-15-4-3-5-17(26)8-15)13-22(23)32(30,31)14-19(29)11-18-6-1-2-7-27-18;/h2-15,18H,16-17,19H2,1H3;2-11,14H,12-13,15H2,1H3,(H,27,28);2-10,12-13,15H,11,14,16H2,1H3,(H,26,27);1-10,13H,11-12,14,26H2;1H4. The molecule has 19 aromatic rings. The van der Waals surface area contributed by atoms with E-state index in [-0.39, 0.29) is 76.0 Å². The number of Topliss-reactive ketones (excluding diaryl/α,β-unsaturated/α-hetero) is 4. The number of halogens is 3. The number of ketones is 4. The molecule has 10 heterocycles. The third kappa shape index (κ3) is 23.3. The van der Waals surface area contributed by atoms with Gasteiger partial charge in [0.05, 0.1) is 78.7 Å². The fraction of sp³-hybridized carbons (Fsp3) is 0.157. The summed E-state index contributed by atoms with van der Waals surface area (Å²) in [5.41, 5.74) is 19.0. The summed E-state index contributed by atoms with van der Waals surface area (Å²) in [6.45, 7) is 6.58. The van der Waals surface area contributed by atoms with Gasteiger partial charge in [0.25, 0.3) is 0 Å². The summed E-state index contributed by atoms with van der Waals surface area (Å²) in [6, 6.07) is 73.0. The lowest BCUT2D eigenvalue weighted by Crippen LogP contribution is -2.18. The van der Waals surface area contributed by atoms with Crippen LogP contribution in [-0.2, 0) is 110 Å². The van der Waals surface area contributed by atoms with Gasteiger partial charge in [-0.05, 0) is 139 Å². The third-order valence-electron chi connectivity index (χ3n) is 22.1. The average Bonchev–Trinajstić information content (AvgIpc) is 1.58. The highest BCUT2D eigenvalue weighted by atomic mass is 32.2. The largest absolute Gasteiger partial charge is 0.399 e. The molecular weight excluding hydrogens is 1830 g/mol. The van der Waals surface area contributed by atoms with Crippen LogP contribution in [-0.4, -0.2) is 139 Å². The number of hydrogen-bond donors (Lipinski definition) is 3. The van der Waals surface area contributed by atoms with Crippen LogP contribution in [0.1, 0.15) is 69.7 Å². The molecule has 0 unspecified atom stereocenters. The summed E-state index contributed by atoms with van der Waals surface area (Å²) in [5, 5.41) is 26.3. The van der Waals surface area contributed by atoms with E-state index in [9.17, 15) is 66.0 Å². The number of aryl methyl sites for hydroxylation is 3. The van der Waals surface area contributed by atoms with Crippen LogP contribution in [0.3, 0.4) is 0 Å². The second-order valence-electron chi connectivity index (χ2n) is 32.6. The number of fused-ring (bicyclic) bond motifs is 4. The molecule has 0 fully saturated rings. The van der Waals surface area contributed by atoms with Crippen molar-refractivity contribution in [2.75, 3.05) is 28.7 Å². The maximum atomic E-state index is 14.7. The topological polar surface area (TPSA) is 399 Å². The summed E-state index contributed by atoms with van der Waals surface area (Å²) < 4.78 is 171. The number of carbonyl (C=O) groups is 4. The van der Waals surface area contributed by atoms with Crippen molar-refractivity contribution in [2.45, 2.75) is 99.6 Å². The first kappa shape index (κ1) is 96.0. The van der Waals surface area contributed by atoms with E-state index in [4.69, 9.17) is 19.3 Å². The van der Waals surface area contributed by atoms with Crippen molar-refractivity contribution >= 4 is 112 Å². The zero-order valence-electron chi connectivity index (χ0n) is 73.2. The van der Waals surface area contributed by atoms with E-state index in [0.717, 1.165) is 61.6 Å². The van der Waals surface area contributed by atoms with E-state index < -0.39 is 97.1 Å². The maximum Gasteiger partial charge on any atom is 0.187 e. The van der Waals surface area contributed by atoms with Gasteiger partial charge >= 0.3 is 0 Å². The first-order valence-corrected chi connectivity index (χ1v) is 49.1. The summed E-state index contributed by atoms with van der Waals surface area (Å²) in [5.74, 6) is -5.09. The third-order valence-corrected chi connectivity index (χ3v) is 28.9. The number of aromatic amines is 2. The van der Waals surface area contributed by atoms with Crippen LogP contribution in [0.25, 0.3) is 77.1 Å². The lowest BCUT2D eigenvalue weighted by molar-refractivity contribution is -0.117. The zero-order chi connectivity index (χ0) is 95.6. The predicted molar refractivity (Wildman–Crippen MR) is 513 cm³/mol. The van der Waals surface area contributed by atoms with Crippen molar-refractivity contribution < 1.29 is 79.6 Å². The SMILES string of the molecule is C.Cc1cc(CC(=O)CS(=O)(=O)c2cn(Cc3ccc(F)c(-c4ccn[nH]4)c3)c3ccccc23)no1.Cc1cc(CC(=O)CS(=O)(=O)c2cn(Cc3cccc(-c4ccccc4)c3)c3ccccc23)no1.Cc1cc(CC(=O)CS(=O)(=O)c2cn(Cc3cccc(-c4cn[nH]c4)c3)c3ccccc23)no1.Nc1cccc(Cn2cc(S(=O)(=O)CC(=O)Cc3ccccn3)c3c(F)cc(F)cc32)c1. The second-order valence-corrected chi connectivity index (χ2v) is 40.4. The lowest BCUT2D eigenvalue weighted by atomic mass is 10.0. The quantitative estimate of drug-likeness (QED) is 0.0340. The number of anilines is 1. The van der Waals surface area contributed by atoms with Crippen molar-refractivity contribution in [2.24, 2.45) is 0 Å². The van der Waals surface area contributed by atoms with Gasteiger partial charge in [-0.15, -0.1) is 0 Å². The Hall–Kier alpha value is -15.6. The molecular formula is C102H90F3N13O15S4. The lowest BCUT2D eigenvalue weighted by Gasteiger charge is -2.08. The van der Waals surface area contributed by atoms with Gasteiger partial charge in [0.1, 0.15) is 57.7 Å². The van der Waals surface area contributed by atoms with E-state index in [1.54, 1.807) is 159 Å². The number of nitrogens with one attached hydrogen (secondary N) is 2. The van der Waals surface area contributed by atoms with Crippen LogP contribution in [0.4, 0.5) is 18.9 Å². The highest BCUT2D eigenvalue weighted by Crippen LogP contribution is 2.36. The Labute approximate surface area is 785 Å². The van der Waals surface area contributed by atoms with E-state index in [1.165, 1.54) is 29.2 Å². The van der Waals surface area contributed by atoms with Crippen LogP contribution < -0.4 is 5.73 Å². The molecule has 0 amide bonds. The van der Waals surface area contributed by atoms with E-state index in [2.05, 4.69) is 71.2 Å². The Morgan fingerprint density at radius 1 is 0.372 bits per heavy atom. The molecule has 698 valence electrons. The first-order valence-electron chi connectivity index (χ1n) is 42.5. The molecule has 0 spiro atoms. The number of nitrogens with zero attached hydrogens (tertiary/aromatic N) is 10. The molecule has 4 N–H and O–H groups in total. The van der Waals surface area contributed by atoms with Gasteiger partial charge < -0.3 is 37.6 Å². The normalized spacial score (nSPS) is 11.7. The highest BCUT2D eigenvalue weighted by Gasteiger charge is 2.32. The molecule has 35 heteroatoms. The number of sulfone groups is 4. The molecule has 0 radical (unpaired) electrons. The van der Waals surface area contributed by atoms with Crippen LogP contribution in [0.2, 0.25) is 0 Å². The maximum absolute atomic E-state index is 14.7. The van der Waals surface area contributed by atoms with Gasteiger partial charge in [-0.2, -0.15) is 10.2 Å². The minimum absolute atomic E-state index is 0. The van der Waals surface area contributed by atoms with E-state index in [0.29, 0.717) is 104 Å². The van der Waals surface area contributed by atoms with E-state index in [1.807, 2.05) is 106 Å². The molecule has 0 aliphatic rings. The number of benzene rings is 9. The Balaban J connectivity index is 0.000000138. The number of aromatic nitrogens is 12. The molecule has 0 aliphatic heterocycles. The minimum atomic E-state index is -4.21. The molecule has 0 bridgehead atoms. The van der Waals surface area contributed by atoms with Crippen LogP contribution >= 0.6 is 0 Å². The van der Waals surface area contributed by atoms with Crippen molar-refractivity contribution in [3.63, 3.8) is 0 Å². The monoisotopic (exact) mass is 1920 g/mol. The number of hydrogen-bond acceptors (Lipinski definition) is 22. The number of H-pyrrole nitrogens is 2. The fourth-order valence-electron chi connectivity index (χ4n) is 16.1. The molecule has 0 saturated heterocycles. The van der Waals surface area contributed by atoms with Crippen LogP contribution in [0.15, 0.2) is 331 Å². The number of nitrogen functional groups attached to an aromatic ring is 1. The fourth-order valence-corrected chi connectivity index (χ4v) is 22.0. The first-order chi connectivity index (χ1) is 65.3. The van der Waals surface area contributed by atoms with Gasteiger partial charge in [0, 0.05) is 155 Å². The Kier molecular flexibility index (Phi) is 29.1. The summed E-state index contributed by atoms with van der Waals surface area (Å²) in [7, 11) is -15.8.